The van der Waals surface area contributed by atoms with Crippen LogP contribution in [0, 0.1) is 5.82 Å². The molecule has 0 saturated carbocycles. The van der Waals surface area contributed by atoms with E-state index in [9.17, 15) is 4.39 Å². The monoisotopic (exact) mass is 220 g/mol. The molecule has 0 spiro atoms. The quantitative estimate of drug-likeness (QED) is 0.851. The van der Waals surface area contributed by atoms with Crippen LogP contribution >= 0.6 is 0 Å². The Bertz CT molecular complexity index is 467. The summed E-state index contributed by atoms with van der Waals surface area (Å²) in [5.41, 5.74) is 1.12. The number of pyridine rings is 1. The zero-order valence-electron chi connectivity index (χ0n) is 9.02. The van der Waals surface area contributed by atoms with Gasteiger partial charge in [0.2, 0.25) is 0 Å². The summed E-state index contributed by atoms with van der Waals surface area (Å²) in [6, 6.07) is 2.96. The van der Waals surface area contributed by atoms with E-state index in [0.29, 0.717) is 12.4 Å². The van der Waals surface area contributed by atoms with Crippen LogP contribution in [0.2, 0.25) is 0 Å². The van der Waals surface area contributed by atoms with Crippen molar-refractivity contribution in [1.82, 2.24) is 14.8 Å². The van der Waals surface area contributed by atoms with Gasteiger partial charge >= 0.3 is 0 Å². The van der Waals surface area contributed by atoms with Crippen molar-refractivity contribution in [2.75, 3.05) is 11.9 Å². The van der Waals surface area contributed by atoms with Crippen LogP contribution in [0.15, 0.2) is 30.7 Å². The minimum absolute atomic E-state index is 0.298. The Labute approximate surface area is 93.1 Å². The third kappa shape index (κ3) is 2.56. The molecule has 0 atom stereocenters. The SMILES string of the molecule is Cn1cc(CCNc2ncccc2F)cn1. The molecule has 0 bridgehead atoms. The molecule has 0 fully saturated rings. The molecule has 2 aromatic rings. The Balaban J connectivity index is 1.87. The van der Waals surface area contributed by atoms with Crippen molar-refractivity contribution in [3.05, 3.63) is 42.1 Å². The number of nitrogens with zero attached hydrogens (tertiary/aromatic N) is 3. The second-order valence-electron chi connectivity index (χ2n) is 3.53. The van der Waals surface area contributed by atoms with Crippen LogP contribution in [0.5, 0.6) is 0 Å². The van der Waals surface area contributed by atoms with Gasteiger partial charge in [-0.1, -0.05) is 0 Å². The standard InChI is InChI=1S/C11H13FN4/c1-16-8-9(7-15-16)4-6-14-11-10(12)3-2-5-13-11/h2-3,5,7-8H,4,6H2,1H3,(H,13,14). The first kappa shape index (κ1) is 10.6. The maximum atomic E-state index is 13.2. The summed E-state index contributed by atoms with van der Waals surface area (Å²) in [7, 11) is 1.87. The number of hydrogen-bond donors (Lipinski definition) is 1. The molecule has 2 heterocycles. The molecule has 5 heteroatoms. The molecule has 0 aliphatic heterocycles. The minimum atomic E-state index is -0.325. The van der Waals surface area contributed by atoms with Crippen LogP contribution in [-0.2, 0) is 13.5 Å². The highest BCUT2D eigenvalue weighted by atomic mass is 19.1. The highest BCUT2D eigenvalue weighted by Gasteiger charge is 2.01. The van der Waals surface area contributed by atoms with Crippen LogP contribution in [-0.4, -0.2) is 21.3 Å². The lowest BCUT2D eigenvalue weighted by molar-refractivity contribution is 0.624. The molecule has 0 aromatic carbocycles. The lowest BCUT2D eigenvalue weighted by atomic mass is 10.2. The summed E-state index contributed by atoms with van der Waals surface area (Å²) in [6.45, 7) is 0.639. The van der Waals surface area contributed by atoms with Crippen LogP contribution in [0.25, 0.3) is 0 Å². The number of hydrogen-bond acceptors (Lipinski definition) is 3. The minimum Gasteiger partial charge on any atom is -0.367 e. The lowest BCUT2D eigenvalue weighted by Gasteiger charge is -2.04. The first-order chi connectivity index (χ1) is 7.75. The average Bonchev–Trinajstić information content (AvgIpc) is 2.67. The molecule has 0 amide bonds. The Kier molecular flexibility index (Phi) is 3.14. The highest BCUT2D eigenvalue weighted by molar-refractivity contribution is 5.35. The van der Waals surface area contributed by atoms with E-state index < -0.39 is 0 Å². The molecule has 1 N–H and O–H groups in total. The van der Waals surface area contributed by atoms with Gasteiger partial charge in [-0.2, -0.15) is 5.10 Å². The van der Waals surface area contributed by atoms with E-state index in [1.807, 2.05) is 13.2 Å². The van der Waals surface area contributed by atoms with E-state index >= 15 is 0 Å². The van der Waals surface area contributed by atoms with Gasteiger partial charge in [-0.3, -0.25) is 4.68 Å². The first-order valence-electron chi connectivity index (χ1n) is 5.07. The zero-order chi connectivity index (χ0) is 11.4. The predicted octanol–water partition coefficient (Wildman–Crippen LogP) is 1.61. The van der Waals surface area contributed by atoms with Crippen molar-refractivity contribution in [3.8, 4) is 0 Å². The summed E-state index contributed by atoms with van der Waals surface area (Å²) < 4.78 is 14.9. The van der Waals surface area contributed by atoms with Gasteiger partial charge in [0, 0.05) is 26.0 Å². The van der Waals surface area contributed by atoms with Gasteiger partial charge in [0.05, 0.1) is 6.20 Å². The molecule has 84 valence electrons. The summed E-state index contributed by atoms with van der Waals surface area (Å²) in [5.74, 6) is -0.0277. The zero-order valence-corrected chi connectivity index (χ0v) is 9.02. The van der Waals surface area contributed by atoms with Gasteiger partial charge in [-0.25, -0.2) is 9.37 Å². The summed E-state index contributed by atoms with van der Waals surface area (Å²) >= 11 is 0. The normalized spacial score (nSPS) is 10.4. The van der Waals surface area contributed by atoms with Gasteiger partial charge in [-0.15, -0.1) is 0 Å². The van der Waals surface area contributed by atoms with Gasteiger partial charge < -0.3 is 5.32 Å². The first-order valence-corrected chi connectivity index (χ1v) is 5.07. The molecule has 0 aliphatic carbocycles. The summed E-state index contributed by atoms with van der Waals surface area (Å²) in [4.78, 5) is 3.91. The maximum absolute atomic E-state index is 13.2. The second kappa shape index (κ2) is 4.74. The van der Waals surface area contributed by atoms with Crippen molar-refractivity contribution in [2.24, 2.45) is 7.05 Å². The average molecular weight is 220 g/mol. The highest BCUT2D eigenvalue weighted by Crippen LogP contribution is 2.08. The van der Waals surface area contributed by atoms with E-state index in [1.54, 1.807) is 23.1 Å². The fourth-order valence-electron chi connectivity index (χ4n) is 1.44. The van der Waals surface area contributed by atoms with Crippen LogP contribution in [0.3, 0.4) is 0 Å². The fraction of sp³-hybridized carbons (Fsp3) is 0.273. The van der Waals surface area contributed by atoms with Gasteiger partial charge in [0.1, 0.15) is 0 Å². The lowest BCUT2D eigenvalue weighted by Crippen LogP contribution is -2.07. The smallest absolute Gasteiger partial charge is 0.165 e. The Morgan fingerprint density at radius 3 is 3.06 bits per heavy atom. The maximum Gasteiger partial charge on any atom is 0.165 e. The van der Waals surface area contributed by atoms with E-state index in [-0.39, 0.29) is 5.82 Å². The number of halogens is 1. The Hall–Kier alpha value is -1.91. The van der Waals surface area contributed by atoms with Crippen molar-refractivity contribution >= 4 is 5.82 Å². The molecule has 2 rings (SSSR count). The number of aryl methyl sites for hydroxylation is 1. The van der Waals surface area contributed by atoms with Crippen molar-refractivity contribution < 1.29 is 4.39 Å². The topological polar surface area (TPSA) is 42.7 Å². The van der Waals surface area contributed by atoms with Gasteiger partial charge in [0.25, 0.3) is 0 Å². The molecule has 16 heavy (non-hydrogen) atoms. The molecular formula is C11H13FN4. The van der Waals surface area contributed by atoms with Crippen molar-refractivity contribution in [2.45, 2.75) is 6.42 Å². The molecule has 0 radical (unpaired) electrons. The van der Waals surface area contributed by atoms with Crippen LogP contribution in [0.1, 0.15) is 5.56 Å². The Morgan fingerprint density at radius 1 is 1.50 bits per heavy atom. The van der Waals surface area contributed by atoms with Crippen LogP contribution in [0.4, 0.5) is 10.2 Å². The Morgan fingerprint density at radius 2 is 2.38 bits per heavy atom. The largest absolute Gasteiger partial charge is 0.367 e. The summed E-state index contributed by atoms with van der Waals surface area (Å²) in [6.07, 6.45) is 6.10. The third-order valence-electron chi connectivity index (χ3n) is 2.22. The summed E-state index contributed by atoms with van der Waals surface area (Å²) in [5, 5.41) is 7.01. The van der Waals surface area contributed by atoms with Gasteiger partial charge in [-0.05, 0) is 24.1 Å². The van der Waals surface area contributed by atoms with E-state index in [1.165, 1.54) is 6.07 Å². The molecule has 2 aromatic heterocycles. The van der Waals surface area contributed by atoms with Crippen molar-refractivity contribution in [1.29, 1.82) is 0 Å². The fourth-order valence-corrected chi connectivity index (χ4v) is 1.44. The number of aromatic nitrogens is 3. The predicted molar refractivity (Wildman–Crippen MR) is 59.6 cm³/mol. The number of rotatable bonds is 4. The molecule has 0 saturated heterocycles. The van der Waals surface area contributed by atoms with E-state index in [4.69, 9.17) is 0 Å². The van der Waals surface area contributed by atoms with E-state index in [2.05, 4.69) is 15.4 Å². The molecular weight excluding hydrogens is 207 g/mol. The number of nitrogens with one attached hydrogen (secondary N) is 1. The molecule has 0 aliphatic rings. The third-order valence-corrected chi connectivity index (χ3v) is 2.22. The van der Waals surface area contributed by atoms with Crippen molar-refractivity contribution in [3.63, 3.8) is 0 Å². The van der Waals surface area contributed by atoms with Gasteiger partial charge in [0.15, 0.2) is 11.6 Å². The second-order valence-corrected chi connectivity index (χ2v) is 3.53. The number of anilines is 1. The molecule has 4 nitrogen and oxygen atoms in total. The molecule has 0 unspecified atom stereocenters. The van der Waals surface area contributed by atoms with E-state index in [0.717, 1.165) is 12.0 Å². The van der Waals surface area contributed by atoms with Crippen LogP contribution < -0.4 is 5.32 Å².